The summed E-state index contributed by atoms with van der Waals surface area (Å²) in [5.41, 5.74) is 0. The third kappa shape index (κ3) is 9.74. The van der Waals surface area contributed by atoms with E-state index in [0.29, 0.717) is 0 Å². The molecule has 0 aromatic heterocycles. The van der Waals surface area contributed by atoms with Crippen molar-refractivity contribution in [3.63, 3.8) is 0 Å². The van der Waals surface area contributed by atoms with Crippen molar-refractivity contribution < 1.29 is 0 Å². The molecule has 0 spiro atoms. The second kappa shape index (κ2) is 9.74. The summed E-state index contributed by atoms with van der Waals surface area (Å²) in [6.07, 6.45) is 14.0. The lowest BCUT2D eigenvalue weighted by molar-refractivity contribution is 0.726. The first kappa shape index (κ1) is 10.7. The van der Waals surface area contributed by atoms with Crippen LogP contribution in [0.4, 0.5) is 0 Å². The van der Waals surface area contributed by atoms with Crippen LogP contribution in [0.5, 0.6) is 0 Å². The molecule has 0 fully saturated rings. The van der Waals surface area contributed by atoms with Crippen LogP contribution in [-0.2, 0) is 0 Å². The summed E-state index contributed by atoms with van der Waals surface area (Å²) in [4.78, 5) is 0. The van der Waals surface area contributed by atoms with Gasteiger partial charge in [-0.2, -0.15) is 0 Å². The van der Waals surface area contributed by atoms with Crippen molar-refractivity contribution in [3.05, 3.63) is 12.2 Å². The fourth-order valence-corrected chi connectivity index (χ4v) is 1.07. The lowest BCUT2D eigenvalue weighted by atomic mass is 10.2. The Hall–Kier alpha value is -0.260. The molecule has 0 aliphatic rings. The average Bonchev–Trinajstić information content (AvgIpc) is 2.03. The number of unbranched alkanes of at least 4 members (excludes halogenated alkanes) is 5. The van der Waals surface area contributed by atoms with Gasteiger partial charge in [0.2, 0.25) is 0 Å². The maximum atomic E-state index is 2.34. The summed E-state index contributed by atoms with van der Waals surface area (Å²) in [5.74, 6) is 0. The molecule has 0 saturated heterocycles. The van der Waals surface area contributed by atoms with Crippen molar-refractivity contribution in [1.82, 2.24) is 0 Å². The predicted octanol–water partition coefficient (Wildman–Crippen LogP) is 4.31. The van der Waals surface area contributed by atoms with Crippen LogP contribution < -0.4 is 0 Å². The van der Waals surface area contributed by atoms with Crippen LogP contribution in [0.1, 0.15) is 58.8 Å². The standard InChI is InChI=1S/C11H22/c1-3-5-7-9-11-10-8-6-4-2/h9,11H,3-8,10H2,1-2H3/b11-9+. The van der Waals surface area contributed by atoms with Gasteiger partial charge in [0, 0.05) is 0 Å². The molecule has 0 aliphatic heterocycles. The predicted molar refractivity (Wildman–Crippen MR) is 52.8 cm³/mol. The second-order valence-electron chi connectivity index (χ2n) is 3.11. The van der Waals surface area contributed by atoms with Crippen molar-refractivity contribution in [2.75, 3.05) is 0 Å². The Morgan fingerprint density at radius 2 is 1.27 bits per heavy atom. The van der Waals surface area contributed by atoms with E-state index in [2.05, 4.69) is 26.0 Å². The van der Waals surface area contributed by atoms with Gasteiger partial charge < -0.3 is 0 Å². The Morgan fingerprint density at radius 1 is 0.727 bits per heavy atom. The van der Waals surface area contributed by atoms with Gasteiger partial charge in [0.05, 0.1) is 0 Å². The van der Waals surface area contributed by atoms with Crippen LogP contribution in [0.25, 0.3) is 0 Å². The third-order valence-corrected chi connectivity index (χ3v) is 1.87. The lowest BCUT2D eigenvalue weighted by Crippen LogP contribution is -1.71. The summed E-state index contributed by atoms with van der Waals surface area (Å²) < 4.78 is 0. The van der Waals surface area contributed by atoms with Crippen LogP contribution in [-0.4, -0.2) is 0 Å². The van der Waals surface area contributed by atoms with E-state index in [0.717, 1.165) is 0 Å². The van der Waals surface area contributed by atoms with Gasteiger partial charge in [-0.3, -0.25) is 0 Å². The van der Waals surface area contributed by atoms with Gasteiger partial charge in [-0.1, -0.05) is 51.7 Å². The number of allylic oxidation sites excluding steroid dienone is 2. The fourth-order valence-electron chi connectivity index (χ4n) is 1.07. The molecule has 0 heterocycles. The molecule has 11 heavy (non-hydrogen) atoms. The monoisotopic (exact) mass is 154 g/mol. The van der Waals surface area contributed by atoms with E-state index in [1.807, 2.05) is 0 Å². The van der Waals surface area contributed by atoms with Crippen LogP contribution >= 0.6 is 0 Å². The van der Waals surface area contributed by atoms with Crippen molar-refractivity contribution in [1.29, 1.82) is 0 Å². The van der Waals surface area contributed by atoms with Gasteiger partial charge in [-0.25, -0.2) is 0 Å². The molecule has 0 amide bonds. The highest BCUT2D eigenvalue weighted by atomic mass is 13.9. The van der Waals surface area contributed by atoms with Gasteiger partial charge in [0.15, 0.2) is 0 Å². The summed E-state index contributed by atoms with van der Waals surface area (Å²) >= 11 is 0. The van der Waals surface area contributed by atoms with Gasteiger partial charge in [0.25, 0.3) is 0 Å². The second-order valence-corrected chi connectivity index (χ2v) is 3.11. The average molecular weight is 154 g/mol. The minimum atomic E-state index is 1.28. The number of hydrogen-bond donors (Lipinski definition) is 0. The van der Waals surface area contributed by atoms with Crippen LogP contribution in [0, 0.1) is 0 Å². The molecular weight excluding hydrogens is 132 g/mol. The zero-order valence-corrected chi connectivity index (χ0v) is 8.10. The Balaban J connectivity index is 2.91. The first-order valence-corrected chi connectivity index (χ1v) is 5.06. The lowest BCUT2D eigenvalue weighted by Gasteiger charge is -1.91. The van der Waals surface area contributed by atoms with Gasteiger partial charge in [-0.15, -0.1) is 0 Å². The van der Waals surface area contributed by atoms with E-state index in [1.54, 1.807) is 0 Å². The molecule has 0 bridgehead atoms. The minimum Gasteiger partial charge on any atom is -0.0885 e. The Labute approximate surface area is 71.7 Å². The van der Waals surface area contributed by atoms with E-state index in [9.17, 15) is 0 Å². The maximum Gasteiger partial charge on any atom is -0.0351 e. The molecule has 0 heteroatoms. The molecule has 0 saturated carbocycles. The summed E-state index contributed by atoms with van der Waals surface area (Å²) in [6, 6.07) is 0. The van der Waals surface area contributed by atoms with Crippen molar-refractivity contribution >= 4 is 0 Å². The molecule has 0 aliphatic carbocycles. The first-order chi connectivity index (χ1) is 5.41. The molecule has 0 aromatic rings. The number of hydrogen-bond acceptors (Lipinski definition) is 0. The smallest absolute Gasteiger partial charge is 0.0351 e. The molecule has 0 rings (SSSR count). The molecule has 0 N–H and O–H groups in total. The summed E-state index contributed by atoms with van der Waals surface area (Å²) in [7, 11) is 0. The Bertz CT molecular complexity index is 82.0. The molecular formula is C11H22. The zero-order chi connectivity index (χ0) is 8.36. The molecule has 66 valence electrons. The molecule has 0 radical (unpaired) electrons. The van der Waals surface area contributed by atoms with Gasteiger partial charge in [0.1, 0.15) is 0 Å². The molecule has 0 unspecified atom stereocenters. The minimum absolute atomic E-state index is 1.28. The van der Waals surface area contributed by atoms with Gasteiger partial charge >= 0.3 is 0 Å². The number of rotatable bonds is 7. The Morgan fingerprint density at radius 3 is 1.82 bits per heavy atom. The first-order valence-electron chi connectivity index (χ1n) is 5.06. The highest BCUT2D eigenvalue weighted by molar-refractivity contribution is 4.80. The normalized spacial score (nSPS) is 11.1. The van der Waals surface area contributed by atoms with E-state index in [1.165, 1.54) is 44.9 Å². The highest BCUT2D eigenvalue weighted by Gasteiger charge is 1.81. The van der Waals surface area contributed by atoms with Crippen molar-refractivity contribution in [2.24, 2.45) is 0 Å². The van der Waals surface area contributed by atoms with Gasteiger partial charge in [-0.05, 0) is 19.3 Å². The van der Waals surface area contributed by atoms with E-state index in [4.69, 9.17) is 0 Å². The van der Waals surface area contributed by atoms with E-state index >= 15 is 0 Å². The molecule has 0 atom stereocenters. The summed E-state index contributed by atoms with van der Waals surface area (Å²) in [5, 5.41) is 0. The Kier molecular flexibility index (Phi) is 9.51. The topological polar surface area (TPSA) is 0 Å². The largest absolute Gasteiger partial charge is 0.0885 e. The van der Waals surface area contributed by atoms with E-state index in [-0.39, 0.29) is 0 Å². The summed E-state index contributed by atoms with van der Waals surface area (Å²) in [6.45, 7) is 4.49. The third-order valence-electron chi connectivity index (χ3n) is 1.87. The van der Waals surface area contributed by atoms with Crippen molar-refractivity contribution in [3.8, 4) is 0 Å². The van der Waals surface area contributed by atoms with E-state index < -0.39 is 0 Å². The molecule has 0 nitrogen and oxygen atoms in total. The maximum absolute atomic E-state index is 2.34. The highest BCUT2D eigenvalue weighted by Crippen LogP contribution is 2.01. The molecule has 0 aromatic carbocycles. The fraction of sp³-hybridized carbons (Fsp3) is 0.818. The van der Waals surface area contributed by atoms with Crippen molar-refractivity contribution in [2.45, 2.75) is 58.8 Å². The zero-order valence-electron chi connectivity index (χ0n) is 8.10. The SMILES string of the molecule is CCCC/C=C/CCCCC. The van der Waals surface area contributed by atoms with Crippen LogP contribution in [0.2, 0.25) is 0 Å². The van der Waals surface area contributed by atoms with Crippen LogP contribution in [0.3, 0.4) is 0 Å². The van der Waals surface area contributed by atoms with Crippen LogP contribution in [0.15, 0.2) is 12.2 Å². The quantitative estimate of drug-likeness (QED) is 0.378.